The Morgan fingerprint density at radius 1 is 0.844 bits per heavy atom. The number of ether oxygens (including phenoxy) is 2. The van der Waals surface area contributed by atoms with E-state index in [1.807, 2.05) is 79.7 Å². The maximum Gasteiger partial charge on any atom is 0.185 e. The zero-order valence-corrected chi connectivity index (χ0v) is 19.0. The van der Waals surface area contributed by atoms with E-state index in [0.717, 1.165) is 16.7 Å². The Labute approximate surface area is 190 Å². The van der Waals surface area contributed by atoms with Crippen molar-refractivity contribution in [2.45, 2.75) is 42.4 Å². The molecule has 0 radical (unpaired) electrons. The number of rotatable bonds is 9. The second-order valence-electron chi connectivity index (χ2n) is 8.17. The third kappa shape index (κ3) is 5.45. The van der Waals surface area contributed by atoms with Gasteiger partial charge in [-0.15, -0.1) is 0 Å². The highest BCUT2D eigenvalue weighted by molar-refractivity contribution is 7.92. The average molecular weight is 452 g/mol. The summed E-state index contributed by atoms with van der Waals surface area (Å²) < 4.78 is 39.1. The zero-order chi connectivity index (χ0) is 22.4. The van der Waals surface area contributed by atoms with Gasteiger partial charge in [-0.25, -0.2) is 8.42 Å². The first-order chi connectivity index (χ1) is 15.5. The van der Waals surface area contributed by atoms with E-state index in [1.54, 1.807) is 12.1 Å². The first-order valence-corrected chi connectivity index (χ1v) is 12.4. The predicted octanol–water partition coefficient (Wildman–Crippen LogP) is 3.91. The van der Waals surface area contributed by atoms with Crippen molar-refractivity contribution >= 4 is 9.84 Å². The molecule has 1 heterocycles. The molecule has 3 atom stereocenters. The summed E-state index contributed by atoms with van der Waals surface area (Å²) in [5.41, 5.74) is 3.11. The standard InChI is InChI=1S/C26H29NO4S/c1-20-12-14-23(15-13-20)32(28,29)25-16-27-24(19-30-17-21-8-4-2-5-9-21)26(25)31-18-22-10-6-3-7-11-22/h2-15,24-27H,16-19H2,1H3/t24-,25+,26+/m0/s1. The lowest BCUT2D eigenvalue weighted by Crippen LogP contribution is -2.41. The Morgan fingerprint density at radius 2 is 1.44 bits per heavy atom. The molecule has 0 amide bonds. The van der Waals surface area contributed by atoms with E-state index in [2.05, 4.69) is 5.32 Å². The third-order valence-electron chi connectivity index (χ3n) is 5.79. The van der Waals surface area contributed by atoms with Crippen molar-refractivity contribution in [1.29, 1.82) is 0 Å². The molecule has 0 spiro atoms. The predicted molar refractivity (Wildman–Crippen MR) is 125 cm³/mol. The third-order valence-corrected chi connectivity index (χ3v) is 7.95. The van der Waals surface area contributed by atoms with Gasteiger partial charge in [0.1, 0.15) is 5.25 Å². The fraction of sp³-hybridized carbons (Fsp3) is 0.308. The summed E-state index contributed by atoms with van der Waals surface area (Å²) in [4.78, 5) is 0.328. The molecule has 4 rings (SSSR count). The van der Waals surface area contributed by atoms with Gasteiger partial charge in [0.15, 0.2) is 9.84 Å². The topological polar surface area (TPSA) is 64.6 Å². The molecule has 6 heteroatoms. The van der Waals surface area contributed by atoms with Gasteiger partial charge >= 0.3 is 0 Å². The van der Waals surface area contributed by atoms with Crippen molar-refractivity contribution in [2.24, 2.45) is 0 Å². The van der Waals surface area contributed by atoms with Gasteiger partial charge < -0.3 is 14.8 Å². The molecule has 3 aromatic carbocycles. The van der Waals surface area contributed by atoms with Crippen LogP contribution in [0.15, 0.2) is 89.8 Å². The lowest BCUT2D eigenvalue weighted by Gasteiger charge is -2.25. The van der Waals surface area contributed by atoms with Crippen LogP contribution in [-0.4, -0.2) is 39.0 Å². The molecule has 1 N–H and O–H groups in total. The van der Waals surface area contributed by atoms with Crippen molar-refractivity contribution in [3.63, 3.8) is 0 Å². The monoisotopic (exact) mass is 451 g/mol. The number of nitrogens with one attached hydrogen (secondary N) is 1. The van der Waals surface area contributed by atoms with E-state index in [1.165, 1.54) is 0 Å². The maximum absolute atomic E-state index is 13.4. The van der Waals surface area contributed by atoms with E-state index < -0.39 is 21.2 Å². The lowest BCUT2D eigenvalue weighted by atomic mass is 10.1. The number of benzene rings is 3. The fourth-order valence-corrected chi connectivity index (χ4v) is 5.77. The molecule has 1 saturated heterocycles. The smallest absolute Gasteiger partial charge is 0.185 e. The Morgan fingerprint density at radius 3 is 2.06 bits per heavy atom. The fourth-order valence-electron chi connectivity index (χ4n) is 3.97. The van der Waals surface area contributed by atoms with E-state index in [9.17, 15) is 8.42 Å². The van der Waals surface area contributed by atoms with Crippen molar-refractivity contribution in [1.82, 2.24) is 5.32 Å². The highest BCUT2D eigenvalue weighted by Crippen LogP contribution is 2.27. The maximum atomic E-state index is 13.4. The summed E-state index contributed by atoms with van der Waals surface area (Å²) in [6.45, 7) is 3.46. The summed E-state index contributed by atoms with van der Waals surface area (Å²) >= 11 is 0. The van der Waals surface area contributed by atoms with Gasteiger partial charge in [0, 0.05) is 6.54 Å². The molecule has 0 aromatic heterocycles. The van der Waals surface area contributed by atoms with Crippen LogP contribution in [0.1, 0.15) is 16.7 Å². The van der Waals surface area contributed by atoms with E-state index in [-0.39, 0.29) is 6.04 Å². The highest BCUT2D eigenvalue weighted by Gasteiger charge is 2.45. The van der Waals surface area contributed by atoms with Crippen LogP contribution in [0.5, 0.6) is 0 Å². The Hall–Kier alpha value is -2.51. The minimum atomic E-state index is -3.56. The molecule has 1 aliphatic rings. The summed E-state index contributed by atoms with van der Waals surface area (Å²) in [7, 11) is -3.56. The Bertz CT molecular complexity index is 1090. The Kier molecular flexibility index (Phi) is 7.37. The SMILES string of the molecule is Cc1ccc(S(=O)(=O)[C@@H]2CN[C@@H](COCc3ccccc3)[C@H]2OCc2ccccc2)cc1. The van der Waals surface area contributed by atoms with E-state index in [0.29, 0.717) is 31.3 Å². The Balaban J connectivity index is 1.49. The van der Waals surface area contributed by atoms with Gasteiger partial charge in [-0.1, -0.05) is 78.4 Å². The molecule has 1 aliphatic heterocycles. The van der Waals surface area contributed by atoms with Gasteiger partial charge in [0.2, 0.25) is 0 Å². The van der Waals surface area contributed by atoms with E-state index >= 15 is 0 Å². The largest absolute Gasteiger partial charge is 0.375 e. The number of sulfone groups is 1. The highest BCUT2D eigenvalue weighted by atomic mass is 32.2. The van der Waals surface area contributed by atoms with Crippen LogP contribution in [0.4, 0.5) is 0 Å². The van der Waals surface area contributed by atoms with Crippen molar-refractivity contribution in [2.75, 3.05) is 13.2 Å². The van der Waals surface area contributed by atoms with Crippen LogP contribution in [-0.2, 0) is 32.5 Å². The minimum absolute atomic E-state index is 0.215. The second-order valence-corrected chi connectivity index (χ2v) is 10.3. The summed E-state index contributed by atoms with van der Waals surface area (Å²) in [6, 6.07) is 26.5. The molecule has 0 aliphatic carbocycles. The van der Waals surface area contributed by atoms with Crippen molar-refractivity contribution < 1.29 is 17.9 Å². The number of hydrogen-bond donors (Lipinski definition) is 1. The first kappa shape index (κ1) is 22.7. The van der Waals surface area contributed by atoms with Crippen LogP contribution in [0.25, 0.3) is 0 Å². The van der Waals surface area contributed by atoms with E-state index in [4.69, 9.17) is 9.47 Å². The van der Waals surface area contributed by atoms with Gasteiger partial charge in [0.05, 0.1) is 36.9 Å². The lowest BCUT2D eigenvalue weighted by molar-refractivity contribution is 0.00347. The van der Waals surface area contributed by atoms with Crippen LogP contribution in [0.2, 0.25) is 0 Å². The molecular weight excluding hydrogens is 422 g/mol. The average Bonchev–Trinajstić information content (AvgIpc) is 3.23. The van der Waals surface area contributed by atoms with Crippen LogP contribution < -0.4 is 5.32 Å². The summed E-state index contributed by atoms with van der Waals surface area (Å²) in [6.07, 6.45) is -0.516. The quantitative estimate of drug-likeness (QED) is 0.534. The van der Waals surface area contributed by atoms with Crippen molar-refractivity contribution in [3.05, 3.63) is 102 Å². The second kappa shape index (κ2) is 10.4. The zero-order valence-electron chi connectivity index (χ0n) is 18.2. The van der Waals surface area contributed by atoms with Gasteiger partial charge in [0.25, 0.3) is 0 Å². The van der Waals surface area contributed by atoms with Gasteiger partial charge in [-0.3, -0.25) is 0 Å². The van der Waals surface area contributed by atoms with Crippen LogP contribution in [0, 0.1) is 6.92 Å². The van der Waals surface area contributed by atoms with Gasteiger partial charge in [-0.05, 0) is 30.2 Å². The molecule has 1 fully saturated rings. The van der Waals surface area contributed by atoms with Crippen molar-refractivity contribution in [3.8, 4) is 0 Å². The van der Waals surface area contributed by atoms with Crippen LogP contribution in [0.3, 0.4) is 0 Å². The first-order valence-electron chi connectivity index (χ1n) is 10.9. The molecule has 0 saturated carbocycles. The summed E-state index contributed by atoms with van der Waals surface area (Å²) in [5, 5.41) is 2.66. The minimum Gasteiger partial charge on any atom is -0.375 e. The molecule has 3 aromatic rings. The number of hydrogen-bond acceptors (Lipinski definition) is 5. The normalized spacial score (nSPS) is 21.0. The number of aryl methyl sites for hydroxylation is 1. The van der Waals surface area contributed by atoms with Gasteiger partial charge in [-0.2, -0.15) is 0 Å². The molecular formula is C26H29NO4S. The molecule has 0 unspecified atom stereocenters. The summed E-state index contributed by atoms with van der Waals surface area (Å²) in [5.74, 6) is 0. The van der Waals surface area contributed by atoms with Crippen LogP contribution >= 0.6 is 0 Å². The molecule has 0 bridgehead atoms. The molecule has 168 valence electrons. The molecule has 5 nitrogen and oxygen atoms in total. The molecule has 32 heavy (non-hydrogen) atoms.